The molecular formula is C12H13FN3O3+. The van der Waals surface area contributed by atoms with Crippen molar-refractivity contribution >= 4 is 11.8 Å². The van der Waals surface area contributed by atoms with Crippen LogP contribution in [-0.4, -0.2) is 16.3 Å². The van der Waals surface area contributed by atoms with E-state index in [0.29, 0.717) is 12.2 Å². The second-order valence-corrected chi connectivity index (χ2v) is 3.97. The second-order valence-electron chi connectivity index (χ2n) is 3.97. The molecule has 0 aliphatic heterocycles. The molecule has 19 heavy (non-hydrogen) atoms. The fourth-order valence-electron chi connectivity index (χ4n) is 1.60. The number of hydrogen-bond donors (Lipinski definition) is 2. The number of carbonyl (C=O) groups excluding carboxylic acids is 1. The van der Waals surface area contributed by atoms with E-state index >= 15 is 0 Å². The average molecular weight is 266 g/mol. The Balaban J connectivity index is 2.22. The lowest BCUT2D eigenvalue weighted by atomic mass is 10.2. The normalized spacial score (nSPS) is 10.5. The van der Waals surface area contributed by atoms with Crippen molar-refractivity contribution in [1.29, 1.82) is 0 Å². The zero-order valence-corrected chi connectivity index (χ0v) is 10.3. The van der Waals surface area contributed by atoms with Gasteiger partial charge in [0.1, 0.15) is 12.4 Å². The lowest BCUT2D eigenvalue weighted by molar-refractivity contribution is -0.762. The molecule has 0 spiro atoms. The van der Waals surface area contributed by atoms with Crippen molar-refractivity contribution in [3.63, 3.8) is 0 Å². The fourth-order valence-corrected chi connectivity index (χ4v) is 1.60. The molecule has 1 aromatic heterocycles. The maximum Gasteiger partial charge on any atom is 0.308 e. The first-order chi connectivity index (χ1) is 9.10. The number of aliphatic hydroxyl groups is 1. The van der Waals surface area contributed by atoms with Crippen molar-refractivity contribution < 1.29 is 23.5 Å². The maximum absolute atomic E-state index is 12.8. The van der Waals surface area contributed by atoms with Gasteiger partial charge in [-0.1, -0.05) is 0 Å². The minimum atomic E-state index is -0.333. The van der Waals surface area contributed by atoms with Crippen LogP contribution in [0.1, 0.15) is 18.2 Å². The third-order valence-corrected chi connectivity index (χ3v) is 2.49. The minimum absolute atomic E-state index is 0.108. The third-order valence-electron chi connectivity index (χ3n) is 2.49. The molecule has 0 aliphatic rings. The monoisotopic (exact) mass is 266 g/mol. The van der Waals surface area contributed by atoms with Gasteiger partial charge in [0.2, 0.25) is 17.7 Å². The molecule has 0 saturated carbocycles. The summed E-state index contributed by atoms with van der Waals surface area (Å²) in [5.74, 6) is -0.535. The number of aliphatic hydroxyl groups excluding tert-OH is 1. The molecule has 2 N–H and O–H groups in total. The fraction of sp³-hybridized carbons (Fsp3) is 0.250. The molecular weight excluding hydrogens is 253 g/mol. The molecule has 0 atom stereocenters. The molecule has 1 amide bonds. The van der Waals surface area contributed by atoms with Gasteiger partial charge in [0.25, 0.3) is 5.69 Å². The highest BCUT2D eigenvalue weighted by Crippen LogP contribution is 2.11. The number of nitrogens with zero attached hydrogens (tertiary/aromatic N) is 2. The Kier molecular flexibility index (Phi) is 3.86. The molecule has 2 aromatic rings. The topological polar surface area (TPSA) is 79.2 Å². The Morgan fingerprint density at radius 3 is 2.74 bits per heavy atom. The molecule has 7 heteroatoms. The van der Waals surface area contributed by atoms with Gasteiger partial charge in [-0.25, -0.2) is 4.39 Å². The summed E-state index contributed by atoms with van der Waals surface area (Å²) in [5, 5.41) is 15.5. The van der Waals surface area contributed by atoms with Crippen molar-refractivity contribution in [1.82, 2.24) is 5.27 Å². The van der Waals surface area contributed by atoms with Crippen molar-refractivity contribution in [3.8, 4) is 0 Å². The zero-order valence-electron chi connectivity index (χ0n) is 10.3. The van der Waals surface area contributed by atoms with Gasteiger partial charge in [-0.2, -0.15) is 0 Å². The van der Waals surface area contributed by atoms with E-state index < -0.39 is 0 Å². The number of aromatic nitrogens is 2. The Morgan fingerprint density at radius 1 is 1.47 bits per heavy atom. The molecule has 0 fully saturated rings. The highest BCUT2D eigenvalue weighted by Gasteiger charge is 2.24. The second kappa shape index (κ2) is 5.57. The van der Waals surface area contributed by atoms with Crippen LogP contribution in [0.25, 0.3) is 0 Å². The Hall–Kier alpha value is -2.28. The van der Waals surface area contributed by atoms with Crippen LogP contribution in [0, 0.1) is 5.82 Å². The van der Waals surface area contributed by atoms with E-state index in [0.717, 1.165) is 5.56 Å². The molecule has 0 bridgehead atoms. The van der Waals surface area contributed by atoms with Crippen LogP contribution in [0.5, 0.6) is 0 Å². The Labute approximate surface area is 108 Å². The van der Waals surface area contributed by atoms with Crippen LogP contribution in [0.15, 0.2) is 28.8 Å². The highest BCUT2D eigenvalue weighted by atomic mass is 19.1. The Bertz CT molecular complexity index is 580. The van der Waals surface area contributed by atoms with E-state index in [9.17, 15) is 14.3 Å². The lowest BCUT2D eigenvalue weighted by Gasteiger charge is -1.96. The maximum atomic E-state index is 12.8. The summed E-state index contributed by atoms with van der Waals surface area (Å²) < 4.78 is 19.1. The standard InChI is InChI=1S/C12H12FN3O3/c1-8(18)14-12-11(7-17)16(15-19-12)6-9-2-4-10(13)5-3-9/h2-5,17H,6-7H2,1H3/p+1. The van der Waals surface area contributed by atoms with Gasteiger partial charge in [0, 0.05) is 12.5 Å². The molecule has 0 saturated heterocycles. The lowest BCUT2D eigenvalue weighted by Crippen LogP contribution is -2.40. The predicted molar refractivity (Wildman–Crippen MR) is 62.4 cm³/mol. The first-order valence-electron chi connectivity index (χ1n) is 5.61. The summed E-state index contributed by atoms with van der Waals surface area (Å²) >= 11 is 0. The number of amides is 1. The van der Waals surface area contributed by atoms with Crippen LogP contribution < -0.4 is 10.00 Å². The molecule has 100 valence electrons. The first-order valence-corrected chi connectivity index (χ1v) is 5.61. The van der Waals surface area contributed by atoms with Gasteiger partial charge in [-0.3, -0.25) is 14.6 Å². The molecule has 0 radical (unpaired) electrons. The summed E-state index contributed by atoms with van der Waals surface area (Å²) in [6.07, 6.45) is 0. The largest absolute Gasteiger partial charge is 0.385 e. The minimum Gasteiger partial charge on any atom is -0.385 e. The van der Waals surface area contributed by atoms with Crippen molar-refractivity contribution in [2.45, 2.75) is 20.1 Å². The molecule has 0 unspecified atom stereocenters. The van der Waals surface area contributed by atoms with E-state index in [1.807, 2.05) is 0 Å². The van der Waals surface area contributed by atoms with E-state index in [4.69, 9.17) is 4.52 Å². The number of nitrogens with one attached hydrogen (secondary N) is 1. The number of benzene rings is 1. The molecule has 1 aromatic carbocycles. The van der Waals surface area contributed by atoms with E-state index in [1.165, 1.54) is 23.7 Å². The quantitative estimate of drug-likeness (QED) is 0.794. The average Bonchev–Trinajstić information content (AvgIpc) is 2.73. The zero-order chi connectivity index (χ0) is 13.8. The molecule has 1 heterocycles. The van der Waals surface area contributed by atoms with Crippen molar-refractivity contribution in [3.05, 3.63) is 41.3 Å². The molecule has 2 rings (SSSR count). The van der Waals surface area contributed by atoms with Crippen LogP contribution in [0.3, 0.4) is 0 Å². The molecule has 0 aliphatic carbocycles. The van der Waals surface area contributed by atoms with E-state index in [1.54, 1.807) is 12.1 Å². The van der Waals surface area contributed by atoms with Gasteiger partial charge in [0.15, 0.2) is 0 Å². The van der Waals surface area contributed by atoms with Crippen molar-refractivity contribution in [2.24, 2.45) is 0 Å². The summed E-state index contributed by atoms with van der Waals surface area (Å²) in [5.41, 5.74) is 1.14. The SMILES string of the molecule is CC(=O)Nc1on[n+](Cc2ccc(F)cc2)c1CO. The first kappa shape index (κ1) is 13.2. The number of rotatable bonds is 4. The summed E-state index contributed by atoms with van der Waals surface area (Å²) in [4.78, 5) is 11.0. The van der Waals surface area contributed by atoms with Gasteiger partial charge < -0.3 is 5.11 Å². The van der Waals surface area contributed by atoms with E-state index in [-0.39, 0.29) is 24.2 Å². The van der Waals surface area contributed by atoms with Crippen LogP contribution in [0.2, 0.25) is 0 Å². The number of carbonyl (C=O) groups is 1. The Morgan fingerprint density at radius 2 is 2.16 bits per heavy atom. The van der Waals surface area contributed by atoms with Crippen molar-refractivity contribution in [2.75, 3.05) is 5.32 Å². The van der Waals surface area contributed by atoms with Gasteiger partial charge in [0.05, 0.1) is 0 Å². The van der Waals surface area contributed by atoms with Gasteiger partial charge in [-0.05, 0) is 28.9 Å². The number of hydrogen-bond acceptors (Lipinski definition) is 4. The van der Waals surface area contributed by atoms with Crippen LogP contribution >= 0.6 is 0 Å². The summed E-state index contributed by atoms with van der Waals surface area (Å²) in [6, 6.07) is 5.89. The highest BCUT2D eigenvalue weighted by molar-refractivity contribution is 5.87. The number of halogens is 1. The smallest absolute Gasteiger partial charge is 0.308 e. The van der Waals surface area contributed by atoms with Gasteiger partial charge in [-0.15, -0.1) is 0 Å². The van der Waals surface area contributed by atoms with Gasteiger partial charge >= 0.3 is 5.88 Å². The predicted octanol–water partition coefficient (Wildman–Crippen LogP) is 0.600. The number of anilines is 1. The van der Waals surface area contributed by atoms with Crippen LogP contribution in [-0.2, 0) is 17.9 Å². The van der Waals surface area contributed by atoms with E-state index in [2.05, 4.69) is 10.6 Å². The summed E-state index contributed by atoms with van der Waals surface area (Å²) in [7, 11) is 0. The molecule has 6 nitrogen and oxygen atoms in total. The third kappa shape index (κ3) is 3.14. The summed E-state index contributed by atoms with van der Waals surface area (Å²) in [6.45, 7) is 1.30. The van der Waals surface area contributed by atoms with Crippen LogP contribution in [0.4, 0.5) is 10.3 Å².